The summed E-state index contributed by atoms with van der Waals surface area (Å²) in [4.78, 5) is 0. The second-order valence-corrected chi connectivity index (χ2v) is 7.34. The lowest BCUT2D eigenvalue weighted by atomic mass is 9.55. The number of rotatable bonds is 0. The van der Waals surface area contributed by atoms with Crippen LogP contribution in [0.15, 0.2) is 24.3 Å². The number of benzene rings is 1. The Kier molecular flexibility index (Phi) is 2.57. The Morgan fingerprint density at radius 3 is 2.84 bits per heavy atom. The molecule has 0 aromatic heterocycles. The van der Waals surface area contributed by atoms with Crippen LogP contribution in [0.5, 0.6) is 0 Å². The molecule has 19 heavy (non-hydrogen) atoms. The summed E-state index contributed by atoms with van der Waals surface area (Å²) in [6, 6.07) is 9.63. The summed E-state index contributed by atoms with van der Waals surface area (Å²) in [7, 11) is 0. The minimum absolute atomic E-state index is 0.438. The fraction of sp³-hybridized carbons (Fsp3) is 0.667. The molecular formula is C18H25N. The molecule has 0 unspecified atom stereocenters. The average molecular weight is 255 g/mol. The van der Waals surface area contributed by atoms with Gasteiger partial charge < -0.3 is 5.73 Å². The van der Waals surface area contributed by atoms with Crippen LogP contribution in [-0.2, 0) is 6.42 Å². The summed E-state index contributed by atoms with van der Waals surface area (Å²) >= 11 is 0. The Labute approximate surface area is 116 Å². The molecule has 0 spiro atoms. The first kappa shape index (κ1) is 12.0. The average Bonchev–Trinajstić information content (AvgIpc) is 2.75. The maximum Gasteiger partial charge on any atom is 0.00957 e. The normalized spacial score (nSPS) is 44.3. The van der Waals surface area contributed by atoms with E-state index in [-0.39, 0.29) is 0 Å². The molecule has 2 fully saturated rings. The van der Waals surface area contributed by atoms with Crippen LogP contribution in [0.25, 0.3) is 0 Å². The van der Waals surface area contributed by atoms with E-state index in [0.29, 0.717) is 11.5 Å². The molecule has 3 aliphatic rings. The van der Waals surface area contributed by atoms with Gasteiger partial charge in [-0.1, -0.05) is 31.2 Å². The number of nitrogens with two attached hydrogens (primary N) is 1. The number of aryl methyl sites for hydroxylation is 1. The van der Waals surface area contributed by atoms with Gasteiger partial charge in [0.1, 0.15) is 0 Å². The Morgan fingerprint density at radius 1 is 1.11 bits per heavy atom. The molecule has 0 amide bonds. The third-order valence-electron chi connectivity index (χ3n) is 6.71. The zero-order chi connectivity index (χ0) is 13.0. The van der Waals surface area contributed by atoms with Crippen molar-refractivity contribution >= 4 is 0 Å². The number of hydrogen-bond donors (Lipinski definition) is 1. The van der Waals surface area contributed by atoms with E-state index < -0.39 is 0 Å². The van der Waals surface area contributed by atoms with Gasteiger partial charge in [0, 0.05) is 6.04 Å². The van der Waals surface area contributed by atoms with Gasteiger partial charge in [0.15, 0.2) is 0 Å². The van der Waals surface area contributed by atoms with Crippen molar-refractivity contribution in [1.29, 1.82) is 0 Å². The van der Waals surface area contributed by atoms with E-state index >= 15 is 0 Å². The van der Waals surface area contributed by atoms with E-state index in [9.17, 15) is 0 Å². The molecule has 1 nitrogen and oxygen atoms in total. The molecule has 102 valence electrons. The van der Waals surface area contributed by atoms with Crippen molar-refractivity contribution in [2.24, 2.45) is 23.0 Å². The molecule has 5 atom stereocenters. The predicted octanol–water partition coefficient (Wildman–Crippen LogP) is 3.87. The molecule has 2 saturated carbocycles. The summed E-state index contributed by atoms with van der Waals surface area (Å²) in [6.07, 6.45) is 8.03. The van der Waals surface area contributed by atoms with Gasteiger partial charge in [-0.15, -0.1) is 0 Å². The smallest absolute Gasteiger partial charge is 0.00957 e. The lowest BCUT2D eigenvalue weighted by molar-refractivity contribution is 0.0497. The van der Waals surface area contributed by atoms with Crippen LogP contribution in [0.3, 0.4) is 0 Å². The first-order chi connectivity index (χ1) is 9.20. The van der Waals surface area contributed by atoms with Gasteiger partial charge in [-0.3, -0.25) is 0 Å². The standard InChI is InChI=1S/C18H25N/c1-18-11-10-14-13-5-3-2-4-12(13)6-7-15(14)16(18)8-9-17(18)19/h2-5,14-17H,6-11,19H2,1H3/t14-,15-,16+,17+,18+/m1/s1. The minimum atomic E-state index is 0.438. The van der Waals surface area contributed by atoms with Crippen LogP contribution in [0.4, 0.5) is 0 Å². The van der Waals surface area contributed by atoms with E-state index in [0.717, 1.165) is 17.8 Å². The van der Waals surface area contributed by atoms with Gasteiger partial charge in [-0.2, -0.15) is 0 Å². The molecule has 0 saturated heterocycles. The molecule has 2 N–H and O–H groups in total. The first-order valence-electron chi connectivity index (χ1n) is 8.03. The van der Waals surface area contributed by atoms with Crippen LogP contribution in [0.1, 0.15) is 56.1 Å². The fourth-order valence-corrected chi connectivity index (χ4v) is 5.56. The van der Waals surface area contributed by atoms with Crippen LogP contribution in [0, 0.1) is 17.3 Å². The van der Waals surface area contributed by atoms with E-state index in [2.05, 4.69) is 31.2 Å². The fourth-order valence-electron chi connectivity index (χ4n) is 5.56. The van der Waals surface area contributed by atoms with Crippen molar-refractivity contribution in [3.63, 3.8) is 0 Å². The number of hydrogen-bond acceptors (Lipinski definition) is 1. The summed E-state index contributed by atoms with van der Waals surface area (Å²) in [5, 5.41) is 0. The zero-order valence-corrected chi connectivity index (χ0v) is 11.9. The molecule has 3 aliphatic carbocycles. The van der Waals surface area contributed by atoms with E-state index in [1.807, 2.05) is 0 Å². The van der Waals surface area contributed by atoms with Gasteiger partial charge in [0.05, 0.1) is 0 Å². The quantitative estimate of drug-likeness (QED) is 0.748. The van der Waals surface area contributed by atoms with Gasteiger partial charge >= 0.3 is 0 Å². The van der Waals surface area contributed by atoms with Gasteiger partial charge in [-0.25, -0.2) is 0 Å². The van der Waals surface area contributed by atoms with Crippen molar-refractivity contribution in [3.05, 3.63) is 35.4 Å². The van der Waals surface area contributed by atoms with Crippen molar-refractivity contribution in [1.82, 2.24) is 0 Å². The van der Waals surface area contributed by atoms with Crippen LogP contribution < -0.4 is 5.73 Å². The second kappa shape index (κ2) is 4.09. The molecule has 1 aromatic carbocycles. The second-order valence-electron chi connectivity index (χ2n) is 7.34. The van der Waals surface area contributed by atoms with E-state index in [4.69, 9.17) is 5.73 Å². The van der Waals surface area contributed by atoms with Crippen LogP contribution >= 0.6 is 0 Å². The Morgan fingerprint density at radius 2 is 1.95 bits per heavy atom. The van der Waals surface area contributed by atoms with E-state index in [1.165, 1.54) is 38.5 Å². The summed E-state index contributed by atoms with van der Waals surface area (Å²) in [6.45, 7) is 2.48. The third-order valence-corrected chi connectivity index (χ3v) is 6.71. The lowest BCUT2D eigenvalue weighted by Crippen LogP contribution is -2.46. The molecular weight excluding hydrogens is 230 g/mol. The Hall–Kier alpha value is -0.820. The van der Waals surface area contributed by atoms with Crippen molar-refractivity contribution in [3.8, 4) is 0 Å². The Bertz CT molecular complexity index is 494. The summed E-state index contributed by atoms with van der Waals surface area (Å²) in [5.41, 5.74) is 10.2. The highest BCUT2D eigenvalue weighted by atomic mass is 14.7. The highest BCUT2D eigenvalue weighted by molar-refractivity contribution is 5.34. The predicted molar refractivity (Wildman–Crippen MR) is 79.0 cm³/mol. The van der Waals surface area contributed by atoms with E-state index in [1.54, 1.807) is 11.1 Å². The topological polar surface area (TPSA) is 26.0 Å². The first-order valence-corrected chi connectivity index (χ1v) is 8.03. The number of fused-ring (bicyclic) bond motifs is 5. The van der Waals surface area contributed by atoms with Crippen molar-refractivity contribution < 1.29 is 0 Å². The highest BCUT2D eigenvalue weighted by Gasteiger charge is 2.53. The molecule has 1 heteroatoms. The molecule has 4 rings (SSSR count). The monoisotopic (exact) mass is 255 g/mol. The minimum Gasteiger partial charge on any atom is -0.327 e. The Balaban J connectivity index is 1.72. The van der Waals surface area contributed by atoms with Gasteiger partial charge in [0.2, 0.25) is 0 Å². The zero-order valence-electron chi connectivity index (χ0n) is 11.9. The third kappa shape index (κ3) is 1.57. The molecule has 0 radical (unpaired) electrons. The maximum absolute atomic E-state index is 6.44. The largest absolute Gasteiger partial charge is 0.327 e. The maximum atomic E-state index is 6.44. The lowest BCUT2D eigenvalue weighted by Gasteiger charge is -2.50. The molecule has 0 aliphatic heterocycles. The van der Waals surface area contributed by atoms with Gasteiger partial charge in [0.25, 0.3) is 0 Å². The van der Waals surface area contributed by atoms with Gasteiger partial charge in [-0.05, 0) is 72.8 Å². The van der Waals surface area contributed by atoms with Crippen LogP contribution in [-0.4, -0.2) is 6.04 Å². The SMILES string of the molecule is C[C@]12CC[C@@H]3c4ccccc4CC[C@H]3[C@@H]1CC[C@@H]2N. The van der Waals surface area contributed by atoms with Crippen molar-refractivity contribution in [2.75, 3.05) is 0 Å². The highest BCUT2D eigenvalue weighted by Crippen LogP contribution is 2.60. The summed E-state index contributed by atoms with van der Waals surface area (Å²) in [5.74, 6) is 2.62. The van der Waals surface area contributed by atoms with Crippen LogP contribution in [0.2, 0.25) is 0 Å². The molecule has 0 bridgehead atoms. The van der Waals surface area contributed by atoms with Crippen molar-refractivity contribution in [2.45, 2.75) is 57.4 Å². The molecule has 0 heterocycles. The molecule has 1 aromatic rings. The summed E-state index contributed by atoms with van der Waals surface area (Å²) < 4.78 is 0.